The Morgan fingerprint density at radius 1 is 1.40 bits per heavy atom. The van der Waals surface area contributed by atoms with E-state index in [2.05, 4.69) is 10.1 Å². The highest BCUT2D eigenvalue weighted by molar-refractivity contribution is 7.99. The molecule has 2 aromatic rings. The normalized spacial score (nSPS) is 16.9. The second-order valence-electron chi connectivity index (χ2n) is 3.97. The van der Waals surface area contributed by atoms with Gasteiger partial charge in [0.25, 0.3) is 5.22 Å². The summed E-state index contributed by atoms with van der Waals surface area (Å²) in [6.07, 6.45) is -0.465. The van der Waals surface area contributed by atoms with Gasteiger partial charge in [0.15, 0.2) is 17.6 Å². The first-order chi connectivity index (χ1) is 9.72. The summed E-state index contributed by atoms with van der Waals surface area (Å²) in [5, 5.41) is 12.6. The molecule has 2 heterocycles. The predicted molar refractivity (Wildman–Crippen MR) is 68.0 cm³/mol. The van der Waals surface area contributed by atoms with E-state index in [0.717, 1.165) is 11.8 Å². The molecule has 1 unspecified atom stereocenters. The second-order valence-corrected chi connectivity index (χ2v) is 4.89. The van der Waals surface area contributed by atoms with Gasteiger partial charge in [-0.3, -0.25) is 4.79 Å². The van der Waals surface area contributed by atoms with Crippen molar-refractivity contribution >= 4 is 17.7 Å². The molecular formula is C12H10N2O5S. The number of thioether (sulfide) groups is 1. The van der Waals surface area contributed by atoms with E-state index in [9.17, 15) is 4.79 Å². The Kier molecular flexibility index (Phi) is 3.46. The predicted octanol–water partition coefficient (Wildman–Crippen LogP) is 1.76. The summed E-state index contributed by atoms with van der Waals surface area (Å²) < 4.78 is 16.2. The van der Waals surface area contributed by atoms with Crippen LogP contribution in [0.15, 0.2) is 34.0 Å². The number of nitrogens with zero attached hydrogens (tertiary/aromatic N) is 2. The SMILES string of the molecule is O=C(O)CSc1nc(C2COc3ccccc3O2)no1. The quantitative estimate of drug-likeness (QED) is 0.852. The third-order valence-electron chi connectivity index (χ3n) is 2.54. The monoisotopic (exact) mass is 294 g/mol. The van der Waals surface area contributed by atoms with Gasteiger partial charge in [0.05, 0.1) is 0 Å². The molecule has 1 aliphatic heterocycles. The molecule has 0 bridgehead atoms. The number of benzene rings is 1. The van der Waals surface area contributed by atoms with Crippen LogP contribution in [0.3, 0.4) is 0 Å². The van der Waals surface area contributed by atoms with Gasteiger partial charge in [-0.2, -0.15) is 4.98 Å². The average Bonchev–Trinajstić information content (AvgIpc) is 2.93. The fourth-order valence-corrected chi connectivity index (χ4v) is 2.17. The fourth-order valence-electron chi connectivity index (χ4n) is 1.68. The standard InChI is InChI=1S/C12H10N2O5S/c15-10(16)6-20-12-13-11(14-19-12)9-5-17-7-3-1-2-4-8(7)18-9/h1-4,9H,5-6H2,(H,15,16). The molecule has 1 aromatic heterocycles. The number of hydrogen-bond acceptors (Lipinski definition) is 7. The number of carboxylic acids is 1. The summed E-state index contributed by atoms with van der Waals surface area (Å²) in [6, 6.07) is 7.31. The molecule has 0 saturated carbocycles. The molecule has 1 aliphatic rings. The highest BCUT2D eigenvalue weighted by Crippen LogP contribution is 2.35. The van der Waals surface area contributed by atoms with Gasteiger partial charge in [-0.05, 0) is 12.1 Å². The van der Waals surface area contributed by atoms with Crippen molar-refractivity contribution in [1.29, 1.82) is 0 Å². The molecule has 104 valence electrons. The maximum Gasteiger partial charge on any atom is 0.314 e. The summed E-state index contributed by atoms with van der Waals surface area (Å²) in [5.74, 6) is 0.557. The molecule has 0 saturated heterocycles. The number of hydrogen-bond donors (Lipinski definition) is 1. The molecule has 8 heteroatoms. The smallest absolute Gasteiger partial charge is 0.314 e. The van der Waals surface area contributed by atoms with Crippen LogP contribution in [0.1, 0.15) is 11.9 Å². The van der Waals surface area contributed by atoms with Crippen LogP contribution in [0.2, 0.25) is 0 Å². The summed E-state index contributed by atoms with van der Waals surface area (Å²) in [6.45, 7) is 0.277. The maximum atomic E-state index is 10.5. The van der Waals surface area contributed by atoms with E-state index in [4.69, 9.17) is 19.1 Å². The number of aromatic nitrogens is 2. The van der Waals surface area contributed by atoms with Crippen molar-refractivity contribution in [1.82, 2.24) is 10.1 Å². The van der Waals surface area contributed by atoms with Crippen LogP contribution in [0.4, 0.5) is 0 Å². The van der Waals surface area contributed by atoms with E-state index in [1.54, 1.807) is 6.07 Å². The molecule has 3 rings (SSSR count). The number of para-hydroxylation sites is 2. The van der Waals surface area contributed by atoms with Crippen LogP contribution in [0, 0.1) is 0 Å². The maximum absolute atomic E-state index is 10.5. The van der Waals surface area contributed by atoms with E-state index in [1.165, 1.54) is 0 Å². The Labute approximate surface area is 117 Å². The minimum atomic E-state index is -0.944. The van der Waals surface area contributed by atoms with E-state index in [1.807, 2.05) is 18.2 Å². The second kappa shape index (κ2) is 5.41. The Morgan fingerprint density at radius 2 is 2.20 bits per heavy atom. The number of aliphatic carboxylic acids is 1. The van der Waals surface area contributed by atoms with Crippen molar-refractivity contribution in [2.45, 2.75) is 11.3 Å². The van der Waals surface area contributed by atoms with E-state index in [-0.39, 0.29) is 17.6 Å². The summed E-state index contributed by atoms with van der Waals surface area (Å²) in [5.41, 5.74) is 0. The van der Waals surface area contributed by atoms with Gasteiger partial charge in [0, 0.05) is 0 Å². The van der Waals surface area contributed by atoms with Crippen LogP contribution >= 0.6 is 11.8 Å². The van der Waals surface area contributed by atoms with Gasteiger partial charge in [0.2, 0.25) is 5.82 Å². The minimum absolute atomic E-state index is 0.132. The van der Waals surface area contributed by atoms with Crippen molar-refractivity contribution in [2.24, 2.45) is 0 Å². The van der Waals surface area contributed by atoms with Gasteiger partial charge >= 0.3 is 5.97 Å². The number of ether oxygens (including phenoxy) is 2. The van der Waals surface area contributed by atoms with Gasteiger partial charge < -0.3 is 19.1 Å². The molecule has 1 atom stereocenters. The zero-order valence-corrected chi connectivity index (χ0v) is 11.0. The molecule has 1 N–H and O–H groups in total. The lowest BCUT2D eigenvalue weighted by molar-refractivity contribution is -0.133. The first-order valence-electron chi connectivity index (χ1n) is 5.79. The number of carboxylic acid groups (broad SMARTS) is 1. The van der Waals surface area contributed by atoms with Crippen LogP contribution in [-0.4, -0.2) is 33.6 Å². The largest absolute Gasteiger partial charge is 0.485 e. The minimum Gasteiger partial charge on any atom is -0.485 e. The zero-order chi connectivity index (χ0) is 13.9. The third kappa shape index (κ3) is 2.69. The van der Waals surface area contributed by atoms with Crippen molar-refractivity contribution in [3.05, 3.63) is 30.1 Å². The van der Waals surface area contributed by atoms with Gasteiger partial charge in [-0.1, -0.05) is 29.1 Å². The highest BCUT2D eigenvalue weighted by atomic mass is 32.2. The number of rotatable bonds is 4. The van der Waals surface area contributed by atoms with Crippen molar-refractivity contribution < 1.29 is 23.9 Å². The van der Waals surface area contributed by atoms with Gasteiger partial charge in [-0.25, -0.2) is 0 Å². The van der Waals surface area contributed by atoms with Crippen LogP contribution in [0.5, 0.6) is 11.5 Å². The molecule has 20 heavy (non-hydrogen) atoms. The summed E-state index contributed by atoms with van der Waals surface area (Å²) in [7, 11) is 0. The van der Waals surface area contributed by atoms with Crippen LogP contribution in [-0.2, 0) is 4.79 Å². The van der Waals surface area contributed by atoms with Crippen LogP contribution < -0.4 is 9.47 Å². The Bertz CT molecular complexity index is 630. The zero-order valence-electron chi connectivity index (χ0n) is 10.2. The average molecular weight is 294 g/mol. The van der Waals surface area contributed by atoms with Gasteiger partial charge in [0.1, 0.15) is 12.4 Å². The van der Waals surface area contributed by atoms with E-state index >= 15 is 0 Å². The summed E-state index contributed by atoms with van der Waals surface area (Å²) in [4.78, 5) is 14.6. The lowest BCUT2D eigenvalue weighted by atomic mass is 10.2. The third-order valence-corrected chi connectivity index (χ3v) is 3.34. The summed E-state index contributed by atoms with van der Waals surface area (Å²) >= 11 is 0.963. The van der Waals surface area contributed by atoms with Crippen molar-refractivity contribution in [2.75, 3.05) is 12.4 Å². The first-order valence-corrected chi connectivity index (χ1v) is 6.77. The number of carbonyl (C=O) groups is 1. The molecule has 0 radical (unpaired) electrons. The fraction of sp³-hybridized carbons (Fsp3) is 0.250. The Hall–Kier alpha value is -2.22. The van der Waals surface area contributed by atoms with E-state index < -0.39 is 12.1 Å². The van der Waals surface area contributed by atoms with Crippen molar-refractivity contribution in [3.8, 4) is 11.5 Å². The molecule has 1 aromatic carbocycles. The lowest BCUT2D eigenvalue weighted by Crippen LogP contribution is -2.22. The van der Waals surface area contributed by atoms with E-state index in [0.29, 0.717) is 17.3 Å². The molecular weight excluding hydrogens is 284 g/mol. The number of fused-ring (bicyclic) bond motifs is 1. The van der Waals surface area contributed by atoms with Crippen LogP contribution in [0.25, 0.3) is 0 Å². The van der Waals surface area contributed by atoms with Crippen molar-refractivity contribution in [3.63, 3.8) is 0 Å². The molecule has 0 aliphatic carbocycles. The topological polar surface area (TPSA) is 94.7 Å². The molecule has 7 nitrogen and oxygen atoms in total. The van der Waals surface area contributed by atoms with Gasteiger partial charge in [-0.15, -0.1) is 0 Å². The molecule has 0 amide bonds. The Morgan fingerprint density at radius 3 is 3.00 bits per heavy atom. The molecule has 0 spiro atoms. The molecule has 0 fully saturated rings. The first kappa shape index (κ1) is 12.8. The lowest BCUT2D eigenvalue weighted by Gasteiger charge is -2.24. The Balaban J connectivity index is 1.70. The highest BCUT2D eigenvalue weighted by Gasteiger charge is 2.26.